The molecule has 0 bridgehead atoms. The van der Waals surface area contributed by atoms with E-state index < -0.39 is 25.7 Å². The molecular weight excluding hydrogens is 340 g/mol. The van der Waals surface area contributed by atoms with Gasteiger partial charge in [0, 0.05) is 27.0 Å². The summed E-state index contributed by atoms with van der Waals surface area (Å²) in [4.78, 5) is 11.3. The largest absolute Gasteiger partial charge is 0.322 e. The lowest BCUT2D eigenvalue weighted by atomic mass is 10.2. The van der Waals surface area contributed by atoms with E-state index in [0.29, 0.717) is 10.6 Å². The lowest BCUT2D eigenvalue weighted by Crippen LogP contribution is -2.12. The first-order valence-electron chi connectivity index (χ1n) is 5.58. The fraction of sp³-hybridized carbons (Fsp3) is 0. The highest BCUT2D eigenvalue weighted by Crippen LogP contribution is 2.22. The topological polar surface area (TPSA) is 63.2 Å². The third kappa shape index (κ3) is 3.93. The summed E-state index contributed by atoms with van der Waals surface area (Å²) in [5.41, 5.74) is 0.436. The second kappa shape index (κ2) is 6.01. The molecule has 0 spiro atoms. The van der Waals surface area contributed by atoms with Crippen LogP contribution in [0.5, 0.6) is 0 Å². The van der Waals surface area contributed by atoms with Crippen molar-refractivity contribution in [3.63, 3.8) is 0 Å². The van der Waals surface area contributed by atoms with Crippen molar-refractivity contribution in [1.29, 1.82) is 0 Å². The van der Waals surface area contributed by atoms with Crippen molar-refractivity contribution < 1.29 is 17.6 Å². The maximum atomic E-state index is 13.6. The molecule has 0 heterocycles. The summed E-state index contributed by atoms with van der Waals surface area (Å²) in [6.45, 7) is 0. The summed E-state index contributed by atoms with van der Waals surface area (Å²) >= 11 is 5.71. The lowest BCUT2D eigenvalue weighted by molar-refractivity contribution is 0.102. The van der Waals surface area contributed by atoms with Crippen molar-refractivity contribution >= 4 is 42.9 Å². The van der Waals surface area contributed by atoms with E-state index in [9.17, 15) is 17.6 Å². The molecule has 0 aliphatic rings. The van der Waals surface area contributed by atoms with Gasteiger partial charge in [-0.05, 0) is 42.5 Å². The van der Waals surface area contributed by atoms with Gasteiger partial charge < -0.3 is 5.32 Å². The zero-order chi connectivity index (χ0) is 15.6. The summed E-state index contributed by atoms with van der Waals surface area (Å²) in [6.07, 6.45) is 0. The summed E-state index contributed by atoms with van der Waals surface area (Å²) in [5.74, 6) is -1.52. The molecule has 1 N–H and O–H groups in total. The second-order valence-corrected chi connectivity index (χ2v) is 7.01. The molecule has 4 nitrogen and oxygen atoms in total. The normalized spacial score (nSPS) is 11.2. The van der Waals surface area contributed by atoms with E-state index >= 15 is 0 Å². The standard InChI is InChI=1S/C13H8Cl2FNO3S/c14-9-3-1-8(2-4-9)13(18)17-10-5-6-12(11(16)7-10)21(15,19)20/h1-7H,(H,17,18). The summed E-state index contributed by atoms with van der Waals surface area (Å²) in [6, 6.07) is 9.20. The molecule has 110 valence electrons. The lowest BCUT2D eigenvalue weighted by Gasteiger charge is -2.07. The number of benzene rings is 2. The number of amides is 1. The first-order chi connectivity index (χ1) is 9.77. The summed E-state index contributed by atoms with van der Waals surface area (Å²) < 4.78 is 35.8. The van der Waals surface area contributed by atoms with E-state index in [1.165, 1.54) is 18.2 Å². The van der Waals surface area contributed by atoms with Gasteiger partial charge in [-0.25, -0.2) is 12.8 Å². The molecule has 0 atom stereocenters. The Hall–Kier alpha value is -1.63. The molecule has 21 heavy (non-hydrogen) atoms. The van der Waals surface area contributed by atoms with E-state index in [4.69, 9.17) is 22.3 Å². The average Bonchev–Trinajstić information content (AvgIpc) is 2.37. The number of hydrogen-bond acceptors (Lipinski definition) is 3. The molecule has 0 radical (unpaired) electrons. The Balaban J connectivity index is 2.22. The molecule has 0 saturated heterocycles. The van der Waals surface area contributed by atoms with Gasteiger partial charge in [0.1, 0.15) is 10.7 Å². The number of anilines is 1. The Labute approximate surface area is 129 Å². The third-order valence-electron chi connectivity index (χ3n) is 2.56. The molecule has 0 fully saturated rings. The molecule has 2 aromatic rings. The van der Waals surface area contributed by atoms with Crippen LogP contribution in [-0.2, 0) is 9.05 Å². The highest BCUT2D eigenvalue weighted by atomic mass is 35.7. The van der Waals surface area contributed by atoms with Gasteiger partial charge >= 0.3 is 0 Å². The Morgan fingerprint density at radius 2 is 1.71 bits per heavy atom. The smallest absolute Gasteiger partial charge is 0.264 e. The van der Waals surface area contributed by atoms with Gasteiger partial charge in [0.25, 0.3) is 15.0 Å². The summed E-state index contributed by atoms with van der Waals surface area (Å²) in [7, 11) is 0.899. The number of halogens is 3. The molecular formula is C13H8Cl2FNO3S. The van der Waals surface area contributed by atoms with E-state index in [-0.39, 0.29) is 5.69 Å². The van der Waals surface area contributed by atoms with Crippen LogP contribution in [0, 0.1) is 5.82 Å². The monoisotopic (exact) mass is 347 g/mol. The Kier molecular flexibility index (Phi) is 4.51. The van der Waals surface area contributed by atoms with Crippen molar-refractivity contribution in [3.05, 3.63) is 58.9 Å². The minimum atomic E-state index is -4.17. The van der Waals surface area contributed by atoms with Crippen LogP contribution < -0.4 is 5.32 Å². The second-order valence-electron chi connectivity index (χ2n) is 4.04. The van der Waals surface area contributed by atoms with Crippen LogP contribution in [0.4, 0.5) is 10.1 Å². The van der Waals surface area contributed by atoms with Crippen molar-refractivity contribution in [2.24, 2.45) is 0 Å². The molecule has 0 unspecified atom stereocenters. The number of nitrogens with one attached hydrogen (secondary N) is 1. The molecule has 0 saturated carbocycles. The van der Waals surface area contributed by atoms with Crippen LogP contribution in [0.3, 0.4) is 0 Å². The fourth-order valence-corrected chi connectivity index (χ4v) is 2.60. The molecule has 2 aromatic carbocycles. The van der Waals surface area contributed by atoms with Crippen LogP contribution in [0.25, 0.3) is 0 Å². The Morgan fingerprint density at radius 1 is 1.10 bits per heavy atom. The van der Waals surface area contributed by atoms with Gasteiger partial charge in [0.05, 0.1) is 0 Å². The van der Waals surface area contributed by atoms with Crippen LogP contribution in [0.15, 0.2) is 47.4 Å². The van der Waals surface area contributed by atoms with E-state index in [1.54, 1.807) is 12.1 Å². The first-order valence-corrected chi connectivity index (χ1v) is 8.27. The molecule has 0 aliphatic heterocycles. The predicted octanol–water partition coefficient (Wildman–Crippen LogP) is 3.66. The zero-order valence-electron chi connectivity index (χ0n) is 10.3. The fourth-order valence-electron chi connectivity index (χ4n) is 1.58. The van der Waals surface area contributed by atoms with Crippen LogP contribution in [-0.4, -0.2) is 14.3 Å². The van der Waals surface area contributed by atoms with E-state index in [1.807, 2.05) is 0 Å². The Morgan fingerprint density at radius 3 is 2.24 bits per heavy atom. The molecule has 1 amide bonds. The molecule has 8 heteroatoms. The van der Waals surface area contributed by atoms with Gasteiger partial charge in [0.15, 0.2) is 0 Å². The third-order valence-corrected chi connectivity index (χ3v) is 4.17. The summed E-state index contributed by atoms with van der Waals surface area (Å²) in [5, 5.41) is 2.92. The SMILES string of the molecule is O=C(Nc1ccc(S(=O)(=O)Cl)c(F)c1)c1ccc(Cl)cc1. The number of carbonyl (C=O) groups excluding carboxylic acids is 1. The van der Waals surface area contributed by atoms with Crippen molar-refractivity contribution in [1.82, 2.24) is 0 Å². The van der Waals surface area contributed by atoms with Gasteiger partial charge in [-0.3, -0.25) is 4.79 Å². The van der Waals surface area contributed by atoms with Crippen LogP contribution in [0.1, 0.15) is 10.4 Å². The maximum Gasteiger partial charge on any atom is 0.264 e. The van der Waals surface area contributed by atoms with Crippen molar-refractivity contribution in [3.8, 4) is 0 Å². The Bertz CT molecular complexity index is 792. The van der Waals surface area contributed by atoms with Gasteiger partial charge in [0.2, 0.25) is 0 Å². The van der Waals surface area contributed by atoms with Crippen LogP contribution in [0.2, 0.25) is 5.02 Å². The minimum absolute atomic E-state index is 0.108. The molecule has 0 aliphatic carbocycles. The van der Waals surface area contributed by atoms with Crippen molar-refractivity contribution in [2.45, 2.75) is 4.90 Å². The minimum Gasteiger partial charge on any atom is -0.322 e. The van der Waals surface area contributed by atoms with Gasteiger partial charge in [-0.15, -0.1) is 0 Å². The van der Waals surface area contributed by atoms with E-state index in [2.05, 4.69) is 5.32 Å². The average molecular weight is 348 g/mol. The molecule has 2 rings (SSSR count). The first kappa shape index (κ1) is 15.8. The highest BCUT2D eigenvalue weighted by molar-refractivity contribution is 8.13. The molecule has 0 aromatic heterocycles. The number of hydrogen-bond donors (Lipinski definition) is 1. The van der Waals surface area contributed by atoms with Gasteiger partial charge in [-0.1, -0.05) is 11.6 Å². The quantitative estimate of drug-likeness (QED) is 0.861. The number of rotatable bonds is 3. The zero-order valence-corrected chi connectivity index (χ0v) is 12.6. The van der Waals surface area contributed by atoms with Gasteiger partial charge in [-0.2, -0.15) is 0 Å². The van der Waals surface area contributed by atoms with Crippen LogP contribution >= 0.6 is 22.3 Å². The predicted molar refractivity (Wildman–Crippen MR) is 78.8 cm³/mol. The number of carbonyl (C=O) groups is 1. The maximum absolute atomic E-state index is 13.6. The van der Waals surface area contributed by atoms with E-state index in [0.717, 1.165) is 12.1 Å². The van der Waals surface area contributed by atoms with Crippen molar-refractivity contribution in [2.75, 3.05) is 5.32 Å². The highest BCUT2D eigenvalue weighted by Gasteiger charge is 2.17.